The van der Waals surface area contributed by atoms with Gasteiger partial charge in [-0.15, -0.1) is 0 Å². The molecule has 39 heavy (non-hydrogen) atoms. The first-order valence-corrected chi connectivity index (χ1v) is 12.9. The summed E-state index contributed by atoms with van der Waals surface area (Å²) in [6.07, 6.45) is 0. The number of fused-ring (bicyclic) bond motifs is 4. The summed E-state index contributed by atoms with van der Waals surface area (Å²) in [4.78, 5) is 26.0. The average molecular weight is 521 g/mol. The Labute approximate surface area is 224 Å². The Bertz CT molecular complexity index is 1830. The molecule has 0 N–H and O–H groups in total. The molecule has 7 nitrogen and oxygen atoms in total. The second kappa shape index (κ2) is 10.3. The Balaban J connectivity index is 1.04. The molecule has 0 bridgehead atoms. The maximum Gasteiger partial charge on any atom is 0.197 e. The molecule has 0 saturated carbocycles. The first-order valence-electron chi connectivity index (χ1n) is 12.9. The third kappa shape index (κ3) is 4.51. The molecule has 0 atom stereocenters. The lowest BCUT2D eigenvalue weighted by molar-refractivity contribution is 0.0765. The van der Waals surface area contributed by atoms with Gasteiger partial charge in [0.2, 0.25) is 0 Å². The van der Waals surface area contributed by atoms with Gasteiger partial charge in [-0.25, -0.2) is 0 Å². The molecule has 0 saturated heterocycles. The standard InChI is InChI=1S/C32H28N2O5/c1-33-27-9-5-3-7-23(27)31(35)25-19-21(11-13-29(25)33)38-17-15-37-16-18-39-22-12-14-30-26(20-22)32(36)24-8-4-6-10-28(24)34(30)2/h3-14,19-20H,15-18H2,1-2H3. The second-order valence-corrected chi connectivity index (χ2v) is 9.48. The van der Waals surface area contributed by atoms with E-state index in [2.05, 4.69) is 0 Å². The molecule has 196 valence electrons. The number of benzene rings is 4. The lowest BCUT2D eigenvalue weighted by Gasteiger charge is -2.13. The number of rotatable bonds is 8. The molecule has 4 aromatic carbocycles. The van der Waals surface area contributed by atoms with Crippen LogP contribution in [0.1, 0.15) is 0 Å². The van der Waals surface area contributed by atoms with Gasteiger partial charge < -0.3 is 23.3 Å². The van der Waals surface area contributed by atoms with Crippen LogP contribution in [0.25, 0.3) is 43.6 Å². The van der Waals surface area contributed by atoms with Gasteiger partial charge >= 0.3 is 0 Å². The van der Waals surface area contributed by atoms with E-state index >= 15 is 0 Å². The molecule has 2 aromatic heterocycles. The number of pyridine rings is 2. The van der Waals surface area contributed by atoms with E-state index in [1.54, 1.807) is 12.1 Å². The molecule has 0 amide bonds. The van der Waals surface area contributed by atoms with E-state index in [9.17, 15) is 9.59 Å². The van der Waals surface area contributed by atoms with E-state index < -0.39 is 0 Å². The van der Waals surface area contributed by atoms with Crippen LogP contribution in [-0.2, 0) is 18.8 Å². The summed E-state index contributed by atoms with van der Waals surface area (Å²) >= 11 is 0. The highest BCUT2D eigenvalue weighted by molar-refractivity contribution is 5.95. The van der Waals surface area contributed by atoms with Crippen molar-refractivity contribution in [3.63, 3.8) is 0 Å². The maximum absolute atomic E-state index is 13.0. The van der Waals surface area contributed by atoms with Crippen LogP contribution in [0, 0.1) is 0 Å². The number of aryl methyl sites for hydroxylation is 2. The van der Waals surface area contributed by atoms with Gasteiger partial charge in [0.15, 0.2) is 10.9 Å². The molecule has 7 heteroatoms. The summed E-state index contributed by atoms with van der Waals surface area (Å²) in [5, 5.41) is 2.63. The van der Waals surface area contributed by atoms with Gasteiger partial charge in [-0.3, -0.25) is 9.59 Å². The first kappa shape index (κ1) is 24.7. The molecule has 0 unspecified atom stereocenters. The highest BCUT2D eigenvalue weighted by Crippen LogP contribution is 2.23. The SMILES string of the molecule is Cn1c2ccccc2c(=O)c2cc(OCCOCCOc3ccc4c(c3)c(=O)c3ccccc3n4C)ccc21. The fourth-order valence-corrected chi connectivity index (χ4v) is 5.16. The Hall–Kier alpha value is -4.62. The zero-order chi connectivity index (χ0) is 26.9. The van der Waals surface area contributed by atoms with Crippen molar-refractivity contribution < 1.29 is 14.2 Å². The summed E-state index contributed by atoms with van der Waals surface area (Å²) in [6.45, 7) is 1.44. The molecule has 0 aliphatic heterocycles. The molecule has 6 rings (SSSR count). The minimum Gasteiger partial charge on any atom is -0.491 e. The van der Waals surface area contributed by atoms with Crippen molar-refractivity contribution in [3.05, 3.63) is 105 Å². The van der Waals surface area contributed by atoms with Gasteiger partial charge in [0, 0.05) is 35.6 Å². The van der Waals surface area contributed by atoms with E-state index in [4.69, 9.17) is 14.2 Å². The molecule has 0 radical (unpaired) electrons. The van der Waals surface area contributed by atoms with Crippen LogP contribution < -0.4 is 20.3 Å². The number of nitrogens with zero attached hydrogens (tertiary/aromatic N) is 2. The van der Waals surface area contributed by atoms with Crippen LogP contribution >= 0.6 is 0 Å². The quantitative estimate of drug-likeness (QED) is 0.205. The predicted octanol–water partition coefficient (Wildman–Crippen LogP) is 5.17. The minimum absolute atomic E-state index is 0.00252. The van der Waals surface area contributed by atoms with Crippen molar-refractivity contribution >= 4 is 43.6 Å². The Morgan fingerprint density at radius 2 is 0.923 bits per heavy atom. The van der Waals surface area contributed by atoms with Crippen LogP contribution in [-0.4, -0.2) is 35.6 Å². The van der Waals surface area contributed by atoms with Crippen molar-refractivity contribution in [3.8, 4) is 11.5 Å². The zero-order valence-electron chi connectivity index (χ0n) is 21.8. The smallest absolute Gasteiger partial charge is 0.197 e. The number of ether oxygens (including phenoxy) is 3. The van der Waals surface area contributed by atoms with Crippen LogP contribution in [0.5, 0.6) is 11.5 Å². The van der Waals surface area contributed by atoms with Crippen LogP contribution in [0.3, 0.4) is 0 Å². The third-order valence-electron chi connectivity index (χ3n) is 7.16. The number of aromatic nitrogens is 2. The minimum atomic E-state index is -0.00252. The summed E-state index contributed by atoms with van der Waals surface area (Å²) in [7, 11) is 3.92. The van der Waals surface area contributed by atoms with Gasteiger partial charge in [-0.05, 0) is 60.7 Å². The topological polar surface area (TPSA) is 71.7 Å². The molecule has 0 fully saturated rings. The fraction of sp³-hybridized carbons (Fsp3) is 0.188. The summed E-state index contributed by atoms with van der Waals surface area (Å²) in [5.74, 6) is 1.25. The van der Waals surface area contributed by atoms with Crippen molar-refractivity contribution in [1.82, 2.24) is 9.13 Å². The average Bonchev–Trinajstić information content (AvgIpc) is 2.98. The number of hydrogen-bond acceptors (Lipinski definition) is 5. The van der Waals surface area contributed by atoms with Crippen LogP contribution in [0.15, 0.2) is 94.5 Å². The Kier molecular flexibility index (Phi) is 6.50. The van der Waals surface area contributed by atoms with Crippen LogP contribution in [0.4, 0.5) is 0 Å². The molecule has 0 aliphatic rings. The zero-order valence-corrected chi connectivity index (χ0v) is 21.8. The molecule has 6 aromatic rings. The van der Waals surface area contributed by atoms with Gasteiger partial charge in [-0.2, -0.15) is 0 Å². The second-order valence-electron chi connectivity index (χ2n) is 9.48. The number of para-hydroxylation sites is 2. The fourth-order valence-electron chi connectivity index (χ4n) is 5.16. The lowest BCUT2D eigenvalue weighted by Crippen LogP contribution is -2.13. The first-order chi connectivity index (χ1) is 19.0. The van der Waals surface area contributed by atoms with E-state index in [0.717, 1.165) is 22.1 Å². The summed E-state index contributed by atoms with van der Waals surface area (Å²) in [6, 6.07) is 26.3. The van der Waals surface area contributed by atoms with Gasteiger partial charge in [0.25, 0.3) is 0 Å². The lowest BCUT2D eigenvalue weighted by atomic mass is 10.1. The molecular formula is C32H28N2O5. The van der Waals surface area contributed by atoms with E-state index in [1.807, 2.05) is 96.0 Å². The summed E-state index contributed by atoms with van der Waals surface area (Å²) < 4.78 is 21.4. The highest BCUT2D eigenvalue weighted by atomic mass is 16.5. The number of hydrogen-bond donors (Lipinski definition) is 0. The normalized spacial score (nSPS) is 11.5. The summed E-state index contributed by atoms with van der Waals surface area (Å²) in [5.41, 5.74) is 3.52. The van der Waals surface area contributed by atoms with E-state index in [0.29, 0.717) is 59.5 Å². The molecule has 0 aliphatic carbocycles. The molecular weight excluding hydrogens is 492 g/mol. The third-order valence-corrected chi connectivity index (χ3v) is 7.16. The van der Waals surface area contributed by atoms with Crippen LogP contribution in [0.2, 0.25) is 0 Å². The van der Waals surface area contributed by atoms with E-state index in [-0.39, 0.29) is 10.9 Å². The maximum atomic E-state index is 13.0. The van der Waals surface area contributed by atoms with E-state index in [1.165, 1.54) is 0 Å². The highest BCUT2D eigenvalue weighted by Gasteiger charge is 2.11. The predicted molar refractivity (Wildman–Crippen MR) is 155 cm³/mol. The van der Waals surface area contributed by atoms with Gasteiger partial charge in [0.05, 0.1) is 35.3 Å². The van der Waals surface area contributed by atoms with Crippen molar-refractivity contribution in [2.75, 3.05) is 26.4 Å². The molecule has 2 heterocycles. The van der Waals surface area contributed by atoms with Gasteiger partial charge in [-0.1, -0.05) is 24.3 Å². The largest absolute Gasteiger partial charge is 0.491 e. The molecule has 0 spiro atoms. The van der Waals surface area contributed by atoms with Crippen molar-refractivity contribution in [2.45, 2.75) is 0 Å². The Morgan fingerprint density at radius 3 is 1.38 bits per heavy atom. The van der Waals surface area contributed by atoms with Gasteiger partial charge in [0.1, 0.15) is 24.7 Å². The Morgan fingerprint density at radius 1 is 0.513 bits per heavy atom. The monoisotopic (exact) mass is 520 g/mol. The van der Waals surface area contributed by atoms with Crippen molar-refractivity contribution in [2.24, 2.45) is 14.1 Å². The van der Waals surface area contributed by atoms with Crippen molar-refractivity contribution in [1.29, 1.82) is 0 Å².